The summed E-state index contributed by atoms with van der Waals surface area (Å²) in [6.45, 7) is 5.59. The van der Waals surface area contributed by atoms with Crippen molar-refractivity contribution < 1.29 is 38.9 Å². The Bertz CT molecular complexity index is 2940. The second-order valence-corrected chi connectivity index (χ2v) is 17.2. The van der Waals surface area contributed by atoms with Crippen molar-refractivity contribution in [2.24, 2.45) is 10.2 Å². The van der Waals surface area contributed by atoms with Gasteiger partial charge >= 0.3 is 6.09 Å². The minimum Gasteiger partial charge on any atom is -0.444 e. The Morgan fingerprint density at radius 1 is 0.712 bits per heavy atom. The highest BCUT2D eigenvalue weighted by molar-refractivity contribution is 6.19. The molecule has 6 heterocycles. The number of hydrogen-bond donors (Lipinski definition) is 9. The standard InChI is InChI=1S/C26H27N5O5.C21H19N5O3.ClH/c1-26(2,3)36-25(35)31-13-16(32)11-20(31)24(34)28-15-9-17-21-18(12-27-30-23(17)33)22(29-19(21)10-15)14-7-5-4-6-8-14;27-13-8-17(22-9-13)21(29)24-12-6-14-18-15(10-23-26-20(14)28)19(25-16(18)7-12)11-4-2-1-3-5-11;/h4-10,12,16,20,29,32H,11,13H2,1-3H3,(H,28,34)(H,30,33);1-7,10,13,17,22,25,27H,8-9H2,(H,24,29)(H,26,28);1H/t16-,20+;13-,17+;/m11./s1. The number of rotatable bonds is 6. The van der Waals surface area contributed by atoms with Gasteiger partial charge < -0.3 is 40.9 Å². The summed E-state index contributed by atoms with van der Waals surface area (Å²) >= 11 is 0. The average molecular weight is 915 g/mol. The number of hydrazone groups is 2. The second kappa shape index (κ2) is 18.2. The Morgan fingerprint density at radius 3 is 1.68 bits per heavy atom. The third kappa shape index (κ3) is 9.12. The molecule has 10 rings (SSSR count). The predicted molar refractivity (Wildman–Crippen MR) is 252 cm³/mol. The first-order valence-corrected chi connectivity index (χ1v) is 21.1. The summed E-state index contributed by atoms with van der Waals surface area (Å²) in [5.74, 6) is -1.47. The van der Waals surface area contributed by atoms with Crippen LogP contribution in [0.2, 0.25) is 0 Å². The van der Waals surface area contributed by atoms with Crippen LogP contribution in [0.25, 0.3) is 44.3 Å². The Morgan fingerprint density at radius 2 is 1.21 bits per heavy atom. The Kier molecular flexibility index (Phi) is 12.5. The molecule has 19 heteroatoms. The van der Waals surface area contributed by atoms with Gasteiger partial charge in [0.25, 0.3) is 11.8 Å². The number of nitrogens with one attached hydrogen (secondary N) is 7. The van der Waals surface area contributed by atoms with Gasteiger partial charge in [0, 0.05) is 57.3 Å². The fraction of sp³-hybridized carbons (Fsp3) is 0.255. The number of halogens is 1. The van der Waals surface area contributed by atoms with Crippen LogP contribution in [0.15, 0.2) is 95.1 Å². The van der Waals surface area contributed by atoms with Crippen molar-refractivity contribution >= 4 is 87.7 Å². The number of aromatic nitrogens is 2. The molecule has 4 aliphatic heterocycles. The number of aliphatic hydroxyl groups excluding tert-OH is 2. The number of benzene rings is 4. The quantitative estimate of drug-likeness (QED) is 0.106. The number of H-pyrrole nitrogens is 2. The number of ether oxygens (including phenoxy) is 1. The number of nitrogens with zero attached hydrogens (tertiary/aromatic N) is 3. The first-order valence-electron chi connectivity index (χ1n) is 21.1. The molecule has 66 heavy (non-hydrogen) atoms. The van der Waals surface area contributed by atoms with E-state index in [2.05, 4.69) is 47.0 Å². The Labute approximate surface area is 383 Å². The van der Waals surface area contributed by atoms with Gasteiger partial charge in [-0.1, -0.05) is 60.7 Å². The first-order chi connectivity index (χ1) is 31.2. The average Bonchev–Trinajstić information content (AvgIpc) is 4.03. The lowest BCUT2D eigenvalue weighted by molar-refractivity contribution is -0.120. The monoisotopic (exact) mass is 914 g/mol. The van der Waals surface area contributed by atoms with E-state index in [0.717, 1.165) is 44.5 Å². The molecule has 0 unspecified atom stereocenters. The number of likely N-dealkylation sites (tertiary alicyclic amines) is 1. The van der Waals surface area contributed by atoms with Crippen molar-refractivity contribution in [2.45, 2.75) is 63.5 Å². The molecule has 2 fully saturated rings. The van der Waals surface area contributed by atoms with Crippen molar-refractivity contribution in [1.29, 1.82) is 0 Å². The fourth-order valence-electron chi connectivity index (χ4n) is 8.53. The highest BCUT2D eigenvalue weighted by atomic mass is 35.5. The number of β-amino-alcohol motifs (C(OH)–C–C–N with tert-alkyl or cyclic N) is 2. The van der Waals surface area contributed by atoms with Gasteiger partial charge in [0.2, 0.25) is 11.8 Å². The molecule has 6 aromatic rings. The number of carbonyl (C=O) groups is 5. The van der Waals surface area contributed by atoms with Gasteiger partial charge in [0.05, 0.1) is 59.7 Å². The maximum absolute atomic E-state index is 13.2. The Balaban J connectivity index is 0.000000180. The van der Waals surface area contributed by atoms with Gasteiger partial charge in [-0.25, -0.2) is 15.6 Å². The lowest BCUT2D eigenvalue weighted by Crippen LogP contribution is -2.45. The zero-order chi connectivity index (χ0) is 45.6. The molecule has 9 N–H and O–H groups in total. The summed E-state index contributed by atoms with van der Waals surface area (Å²) in [6, 6.07) is 24.9. The van der Waals surface area contributed by atoms with E-state index in [9.17, 15) is 34.2 Å². The summed E-state index contributed by atoms with van der Waals surface area (Å²) in [6.07, 6.45) is 1.64. The van der Waals surface area contributed by atoms with Crippen LogP contribution < -0.4 is 26.8 Å². The molecule has 340 valence electrons. The number of aromatic amines is 2. The van der Waals surface area contributed by atoms with E-state index in [1.807, 2.05) is 66.7 Å². The van der Waals surface area contributed by atoms with Gasteiger partial charge in [-0.3, -0.25) is 24.1 Å². The maximum atomic E-state index is 13.2. The third-order valence-electron chi connectivity index (χ3n) is 11.4. The topological polar surface area (TPSA) is 255 Å². The predicted octanol–water partition coefficient (Wildman–Crippen LogP) is 5.22. The largest absolute Gasteiger partial charge is 0.444 e. The van der Waals surface area contributed by atoms with Crippen molar-refractivity contribution in [3.63, 3.8) is 0 Å². The van der Waals surface area contributed by atoms with Crippen molar-refractivity contribution in [1.82, 2.24) is 31.0 Å². The van der Waals surface area contributed by atoms with Crippen LogP contribution in [0.4, 0.5) is 16.2 Å². The van der Waals surface area contributed by atoms with Crippen LogP contribution in [-0.2, 0) is 14.3 Å². The van der Waals surface area contributed by atoms with Crippen LogP contribution in [0, 0.1) is 0 Å². The smallest absolute Gasteiger partial charge is 0.411 e. The molecule has 2 saturated heterocycles. The molecule has 5 amide bonds. The van der Waals surface area contributed by atoms with Gasteiger partial charge in [-0.2, -0.15) is 10.2 Å². The molecule has 0 saturated carbocycles. The number of carbonyl (C=O) groups excluding carboxylic acids is 5. The van der Waals surface area contributed by atoms with E-state index in [-0.39, 0.29) is 37.2 Å². The zero-order valence-corrected chi connectivity index (χ0v) is 36.8. The number of anilines is 2. The molecule has 4 aliphatic rings. The van der Waals surface area contributed by atoms with E-state index in [1.54, 1.807) is 51.4 Å². The summed E-state index contributed by atoms with van der Waals surface area (Å²) in [5, 5.41) is 38.0. The second-order valence-electron chi connectivity index (χ2n) is 17.2. The molecule has 4 atom stereocenters. The zero-order valence-electron chi connectivity index (χ0n) is 36.0. The van der Waals surface area contributed by atoms with E-state index in [0.29, 0.717) is 46.4 Å². The van der Waals surface area contributed by atoms with Crippen LogP contribution in [0.3, 0.4) is 0 Å². The van der Waals surface area contributed by atoms with E-state index < -0.39 is 47.8 Å². The van der Waals surface area contributed by atoms with Gasteiger partial charge in [0.1, 0.15) is 11.6 Å². The molecule has 4 aromatic carbocycles. The van der Waals surface area contributed by atoms with Crippen molar-refractivity contribution in [3.05, 3.63) is 107 Å². The van der Waals surface area contributed by atoms with E-state index in [4.69, 9.17) is 4.74 Å². The highest BCUT2D eigenvalue weighted by Crippen LogP contribution is 2.36. The van der Waals surface area contributed by atoms with Gasteiger partial charge in [0.15, 0.2) is 0 Å². The number of amides is 5. The van der Waals surface area contributed by atoms with E-state index in [1.165, 1.54) is 4.90 Å². The normalized spacial score (nSPS) is 19.5. The number of hydrogen-bond acceptors (Lipinski definition) is 11. The van der Waals surface area contributed by atoms with Crippen molar-refractivity contribution in [2.75, 3.05) is 23.7 Å². The minimum absolute atomic E-state index is 0. The van der Waals surface area contributed by atoms with E-state index >= 15 is 0 Å². The summed E-state index contributed by atoms with van der Waals surface area (Å²) in [7, 11) is 0. The van der Waals surface area contributed by atoms with Crippen LogP contribution in [-0.4, -0.2) is 110 Å². The van der Waals surface area contributed by atoms with Crippen LogP contribution >= 0.6 is 12.4 Å². The Hall–Kier alpha value is -7.38. The molecule has 2 aromatic heterocycles. The maximum Gasteiger partial charge on any atom is 0.411 e. The lowest BCUT2D eigenvalue weighted by Gasteiger charge is -2.27. The lowest BCUT2D eigenvalue weighted by atomic mass is 10.0. The summed E-state index contributed by atoms with van der Waals surface area (Å²) < 4.78 is 5.41. The van der Waals surface area contributed by atoms with Crippen molar-refractivity contribution in [3.8, 4) is 22.5 Å². The molecule has 0 radical (unpaired) electrons. The minimum atomic E-state index is -0.916. The van der Waals surface area contributed by atoms with Gasteiger partial charge in [-0.05, 0) is 62.6 Å². The molecule has 0 spiro atoms. The first kappa shape index (κ1) is 45.2. The third-order valence-corrected chi connectivity index (χ3v) is 11.4. The number of aliphatic hydroxyl groups is 2. The molecular formula is C47H47ClN10O8. The van der Waals surface area contributed by atoms with Crippen LogP contribution in [0.1, 0.15) is 65.5 Å². The SMILES string of the molecule is CC(C)(C)OC(=O)N1C[C@H](O)C[C@H]1C(=O)Nc1cc2c3c(c(-c4ccccc4)[nH]c3c1)C=NNC2=O.Cl.O=C1NN=Cc2c(-c3ccccc3)[nH]c3cc(NC(=O)[C@@H]4C[C@@H](O)CN4)cc1c23. The summed E-state index contributed by atoms with van der Waals surface area (Å²) in [4.78, 5) is 71.8. The van der Waals surface area contributed by atoms with Crippen LogP contribution in [0.5, 0.6) is 0 Å². The van der Waals surface area contributed by atoms with Gasteiger partial charge in [-0.15, -0.1) is 12.4 Å². The molecular weight excluding hydrogens is 868 g/mol. The molecule has 0 bridgehead atoms. The molecule has 0 aliphatic carbocycles. The summed E-state index contributed by atoms with van der Waals surface area (Å²) in [5.41, 5.74) is 12.4. The highest BCUT2D eigenvalue weighted by Gasteiger charge is 2.41. The fourth-order valence-corrected chi connectivity index (χ4v) is 8.53. The molecule has 18 nitrogen and oxygen atoms in total.